The molecule has 168 valence electrons. The highest BCUT2D eigenvalue weighted by atomic mass is 35.5. The summed E-state index contributed by atoms with van der Waals surface area (Å²) in [6, 6.07) is 13.1. The van der Waals surface area contributed by atoms with Crippen LogP contribution in [-0.4, -0.2) is 39.2 Å². The lowest BCUT2D eigenvalue weighted by atomic mass is 10.1. The van der Waals surface area contributed by atoms with Gasteiger partial charge in [-0.05, 0) is 35.9 Å². The van der Waals surface area contributed by atoms with E-state index in [1.807, 2.05) is 30.3 Å². The molecule has 2 heterocycles. The van der Waals surface area contributed by atoms with E-state index in [0.717, 1.165) is 16.6 Å². The first kappa shape index (κ1) is 22.8. The molecule has 0 spiro atoms. The van der Waals surface area contributed by atoms with E-state index < -0.39 is 5.91 Å². The highest BCUT2D eigenvalue weighted by Crippen LogP contribution is 2.34. The number of benzene rings is 2. The molecule has 0 aliphatic heterocycles. The topological polar surface area (TPSA) is 120 Å². The molecule has 0 saturated heterocycles. The number of hydrogen-bond acceptors (Lipinski definition) is 7. The number of amides is 1. The van der Waals surface area contributed by atoms with Crippen molar-refractivity contribution in [2.24, 2.45) is 5.10 Å². The summed E-state index contributed by atoms with van der Waals surface area (Å²) in [5.41, 5.74) is 11.1. The second-order valence-electron chi connectivity index (χ2n) is 6.80. The number of nitrogens with two attached hydrogens (primary N) is 1. The van der Waals surface area contributed by atoms with Crippen molar-refractivity contribution >= 4 is 63.6 Å². The minimum absolute atomic E-state index is 0.0207. The number of ether oxygens (including phenoxy) is 1. The highest BCUT2D eigenvalue weighted by Gasteiger charge is 2.19. The van der Waals surface area contributed by atoms with E-state index in [4.69, 9.17) is 45.3 Å². The van der Waals surface area contributed by atoms with Gasteiger partial charge in [-0.2, -0.15) is 5.10 Å². The molecule has 0 saturated carbocycles. The Labute approximate surface area is 203 Å². The van der Waals surface area contributed by atoms with Crippen molar-refractivity contribution in [2.45, 2.75) is 6.54 Å². The van der Waals surface area contributed by atoms with Crippen LogP contribution in [0.1, 0.15) is 21.6 Å². The molecular weight excluding hydrogens is 489 g/mol. The molecule has 12 heteroatoms. The van der Waals surface area contributed by atoms with Crippen LogP contribution in [0, 0.1) is 0 Å². The van der Waals surface area contributed by atoms with E-state index in [2.05, 4.69) is 25.8 Å². The number of methoxy groups -OCH3 is 1. The number of para-hydroxylation sites is 1. The van der Waals surface area contributed by atoms with Crippen LogP contribution in [0.4, 0.5) is 5.69 Å². The number of pyridine rings is 1. The van der Waals surface area contributed by atoms with Crippen LogP contribution >= 0.6 is 34.8 Å². The van der Waals surface area contributed by atoms with Gasteiger partial charge in [0.2, 0.25) is 0 Å². The molecule has 2 aromatic heterocycles. The van der Waals surface area contributed by atoms with Gasteiger partial charge < -0.3 is 10.5 Å². The molecule has 4 aromatic rings. The van der Waals surface area contributed by atoms with E-state index in [-0.39, 0.29) is 26.6 Å². The van der Waals surface area contributed by atoms with Gasteiger partial charge in [-0.1, -0.05) is 52.1 Å². The minimum atomic E-state index is -0.690. The lowest BCUT2D eigenvalue weighted by Crippen LogP contribution is -2.20. The van der Waals surface area contributed by atoms with Crippen LogP contribution < -0.4 is 15.9 Å². The molecule has 1 amide bonds. The fourth-order valence-electron chi connectivity index (χ4n) is 3.10. The van der Waals surface area contributed by atoms with Gasteiger partial charge in [-0.25, -0.2) is 15.1 Å². The Morgan fingerprint density at radius 1 is 1.21 bits per heavy atom. The van der Waals surface area contributed by atoms with Crippen molar-refractivity contribution in [1.82, 2.24) is 25.4 Å². The number of fused-ring (bicyclic) bond motifs is 1. The van der Waals surface area contributed by atoms with Crippen LogP contribution in [0.15, 0.2) is 47.6 Å². The first-order valence-electron chi connectivity index (χ1n) is 9.47. The van der Waals surface area contributed by atoms with Crippen molar-refractivity contribution in [3.05, 3.63) is 74.5 Å². The van der Waals surface area contributed by atoms with Crippen LogP contribution in [0.5, 0.6) is 5.75 Å². The number of nitrogens with zero attached hydrogens (tertiary/aromatic N) is 5. The molecule has 0 fully saturated rings. The van der Waals surface area contributed by atoms with Crippen molar-refractivity contribution in [3.8, 4) is 5.75 Å². The first-order chi connectivity index (χ1) is 15.9. The summed E-state index contributed by atoms with van der Waals surface area (Å²) >= 11 is 17.8. The van der Waals surface area contributed by atoms with Gasteiger partial charge in [0.05, 0.1) is 36.1 Å². The average Bonchev–Trinajstić information content (AvgIpc) is 3.23. The summed E-state index contributed by atoms with van der Waals surface area (Å²) < 4.78 is 7.25. The zero-order chi connectivity index (χ0) is 23.5. The third-order valence-electron chi connectivity index (χ3n) is 4.71. The summed E-state index contributed by atoms with van der Waals surface area (Å²) in [5.74, 6) is -0.0117. The molecule has 0 bridgehead atoms. The molecule has 33 heavy (non-hydrogen) atoms. The number of anilines is 1. The number of rotatable bonds is 6. The van der Waals surface area contributed by atoms with Gasteiger partial charge in [0, 0.05) is 5.56 Å². The summed E-state index contributed by atoms with van der Waals surface area (Å²) in [6.07, 6.45) is 1.47. The largest absolute Gasteiger partial charge is 0.496 e. The van der Waals surface area contributed by atoms with Crippen LogP contribution in [-0.2, 0) is 6.54 Å². The SMILES string of the molecule is COc1ccc(C=NNC(=O)c2nc(Cl)c(Cl)c(N)c2Cl)cc1Cn1nnc2ccccc21. The van der Waals surface area contributed by atoms with Gasteiger partial charge in [-0.15, -0.1) is 5.10 Å². The Balaban J connectivity index is 1.54. The summed E-state index contributed by atoms with van der Waals surface area (Å²) in [4.78, 5) is 16.3. The number of nitrogens with one attached hydrogen (secondary N) is 1. The minimum Gasteiger partial charge on any atom is -0.496 e. The molecule has 0 aliphatic carbocycles. The predicted octanol–water partition coefficient (Wildman–Crippen LogP) is 4.19. The Morgan fingerprint density at radius 3 is 2.79 bits per heavy atom. The normalized spacial score (nSPS) is 11.3. The highest BCUT2D eigenvalue weighted by molar-refractivity contribution is 6.46. The molecule has 2 aromatic carbocycles. The van der Waals surface area contributed by atoms with E-state index in [1.54, 1.807) is 23.9 Å². The molecule has 4 rings (SSSR count). The second-order valence-corrected chi connectivity index (χ2v) is 7.91. The number of halogens is 3. The van der Waals surface area contributed by atoms with E-state index in [0.29, 0.717) is 17.9 Å². The van der Waals surface area contributed by atoms with Gasteiger partial charge in [0.1, 0.15) is 16.3 Å². The van der Waals surface area contributed by atoms with Gasteiger partial charge in [0.25, 0.3) is 5.91 Å². The zero-order valence-electron chi connectivity index (χ0n) is 17.1. The molecule has 0 unspecified atom stereocenters. The third kappa shape index (κ3) is 4.70. The van der Waals surface area contributed by atoms with Crippen molar-refractivity contribution in [1.29, 1.82) is 0 Å². The molecule has 0 aliphatic rings. The molecule has 3 N–H and O–H groups in total. The average molecular weight is 505 g/mol. The van der Waals surface area contributed by atoms with Crippen LogP contribution in [0.2, 0.25) is 15.2 Å². The van der Waals surface area contributed by atoms with E-state index >= 15 is 0 Å². The zero-order valence-corrected chi connectivity index (χ0v) is 19.4. The monoisotopic (exact) mass is 503 g/mol. The van der Waals surface area contributed by atoms with Crippen molar-refractivity contribution in [3.63, 3.8) is 0 Å². The Bertz CT molecular complexity index is 1390. The molecule has 9 nitrogen and oxygen atoms in total. The first-order valence-corrected chi connectivity index (χ1v) is 10.6. The number of carbonyl (C=O) groups excluding carboxylic acids is 1. The summed E-state index contributed by atoms with van der Waals surface area (Å²) in [7, 11) is 1.59. The summed E-state index contributed by atoms with van der Waals surface area (Å²) in [6.45, 7) is 0.430. The molecule has 0 radical (unpaired) electrons. The van der Waals surface area contributed by atoms with E-state index in [9.17, 15) is 4.79 Å². The maximum Gasteiger partial charge on any atom is 0.291 e. The standard InChI is InChI=1S/C21H16Cl3N7O2/c1-33-15-7-6-11(8-12(15)10-31-14-5-3-2-4-13(14)28-30-31)9-26-29-21(32)19-16(22)18(25)17(23)20(24)27-19/h2-9H,10H2,1H3,(H2,25,27)(H,29,32). The Morgan fingerprint density at radius 2 is 2.00 bits per heavy atom. The van der Waals surface area contributed by atoms with Gasteiger partial charge in [-0.3, -0.25) is 4.79 Å². The number of aromatic nitrogens is 4. The Hall–Kier alpha value is -3.40. The van der Waals surface area contributed by atoms with Crippen molar-refractivity contribution < 1.29 is 9.53 Å². The summed E-state index contributed by atoms with van der Waals surface area (Å²) in [5, 5.41) is 12.1. The van der Waals surface area contributed by atoms with Gasteiger partial charge in [0.15, 0.2) is 10.8 Å². The predicted molar refractivity (Wildman–Crippen MR) is 128 cm³/mol. The third-order valence-corrected chi connectivity index (χ3v) is 5.85. The van der Waals surface area contributed by atoms with E-state index in [1.165, 1.54) is 6.21 Å². The fourth-order valence-corrected chi connectivity index (χ4v) is 3.69. The fraction of sp³-hybridized carbons (Fsp3) is 0.0952. The van der Waals surface area contributed by atoms with Crippen molar-refractivity contribution in [2.75, 3.05) is 12.8 Å². The quantitative estimate of drug-likeness (QED) is 0.231. The lowest BCUT2D eigenvalue weighted by molar-refractivity contribution is 0.0950. The van der Waals surface area contributed by atoms with Crippen LogP contribution in [0.3, 0.4) is 0 Å². The smallest absolute Gasteiger partial charge is 0.291 e. The lowest BCUT2D eigenvalue weighted by Gasteiger charge is -2.10. The number of hydrogen-bond donors (Lipinski definition) is 2. The van der Waals surface area contributed by atoms with Crippen LogP contribution in [0.25, 0.3) is 11.0 Å². The maximum absolute atomic E-state index is 12.4. The molecule has 0 atom stereocenters. The maximum atomic E-state index is 12.4. The number of carbonyl (C=O) groups is 1. The van der Waals surface area contributed by atoms with Gasteiger partial charge >= 0.3 is 0 Å². The second kappa shape index (κ2) is 9.62. The Kier molecular flexibility index (Phi) is 6.64. The number of nitrogen functional groups attached to an aromatic ring is 1. The molecular formula is C21H16Cl3N7O2. The number of hydrazone groups is 1.